The minimum atomic E-state index is -0.987. The van der Waals surface area contributed by atoms with Crippen LogP contribution in [0.25, 0.3) is 4.96 Å². The summed E-state index contributed by atoms with van der Waals surface area (Å²) in [5.74, 6) is -2.83. The second kappa shape index (κ2) is 5.92. The fourth-order valence-electron chi connectivity index (χ4n) is 2.09. The minimum absolute atomic E-state index is 0.00464. The molecule has 3 rings (SSSR count). The average Bonchev–Trinajstić information content (AvgIpc) is 3.07. The number of halogens is 2. The van der Waals surface area contributed by atoms with Gasteiger partial charge in [-0.15, -0.1) is 0 Å². The van der Waals surface area contributed by atoms with E-state index in [-0.39, 0.29) is 5.75 Å². The summed E-state index contributed by atoms with van der Waals surface area (Å²) in [5.41, 5.74) is 1.53. The average molecular weight is 338 g/mol. The highest BCUT2D eigenvalue weighted by molar-refractivity contribution is 7.14. The van der Waals surface area contributed by atoms with Gasteiger partial charge in [0.05, 0.1) is 25.0 Å². The minimum Gasteiger partial charge on any atom is -0.497 e. The molecule has 1 N–H and O–H groups in total. The predicted octanol–water partition coefficient (Wildman–Crippen LogP) is 2.57. The summed E-state index contributed by atoms with van der Waals surface area (Å²) < 4.78 is 34.1. The molecule has 2 heterocycles. The zero-order valence-corrected chi connectivity index (χ0v) is 13.0. The van der Waals surface area contributed by atoms with Gasteiger partial charge in [-0.2, -0.15) is 5.10 Å². The molecule has 23 heavy (non-hydrogen) atoms. The number of aromatic nitrogens is 3. The molecule has 0 aliphatic heterocycles. The molecule has 6 nitrogen and oxygen atoms in total. The van der Waals surface area contributed by atoms with E-state index in [9.17, 15) is 13.6 Å². The van der Waals surface area contributed by atoms with Gasteiger partial charge in [0.15, 0.2) is 0 Å². The van der Waals surface area contributed by atoms with Crippen molar-refractivity contribution in [1.82, 2.24) is 19.9 Å². The number of hydrogen-bond donors (Lipinski definition) is 1. The Balaban J connectivity index is 1.82. The second-order valence-electron chi connectivity index (χ2n) is 4.79. The van der Waals surface area contributed by atoms with E-state index in [0.29, 0.717) is 10.7 Å². The van der Waals surface area contributed by atoms with Gasteiger partial charge in [-0.25, -0.2) is 18.3 Å². The van der Waals surface area contributed by atoms with Crippen molar-refractivity contribution >= 4 is 22.2 Å². The molecule has 1 atom stereocenters. The molecule has 0 bridgehead atoms. The first kappa shape index (κ1) is 15.3. The summed E-state index contributed by atoms with van der Waals surface area (Å²) in [5, 5.41) is 6.56. The van der Waals surface area contributed by atoms with Crippen LogP contribution in [0.5, 0.6) is 5.75 Å². The van der Waals surface area contributed by atoms with Crippen LogP contribution in [0.3, 0.4) is 0 Å². The summed E-state index contributed by atoms with van der Waals surface area (Å²) in [7, 11) is 1.29. The molecule has 0 saturated heterocycles. The number of amides is 1. The number of imidazole rings is 1. The Morgan fingerprint density at radius 3 is 2.70 bits per heavy atom. The standard InChI is InChI=1S/C14H12F2N4O2S/c1-7(11-5-20-14(19-11)23-6-17-20)18-13(21)12-9(15)3-8(22-2)4-10(12)16/h3-7H,1-2H3,(H,18,21). The van der Waals surface area contributed by atoms with Crippen LogP contribution in [-0.4, -0.2) is 27.6 Å². The van der Waals surface area contributed by atoms with E-state index >= 15 is 0 Å². The summed E-state index contributed by atoms with van der Waals surface area (Å²) in [6.07, 6.45) is 1.65. The number of nitrogens with one attached hydrogen (secondary N) is 1. The maximum absolute atomic E-state index is 13.9. The topological polar surface area (TPSA) is 68.5 Å². The Kier molecular flexibility index (Phi) is 3.95. The van der Waals surface area contributed by atoms with Gasteiger partial charge in [0.25, 0.3) is 5.91 Å². The van der Waals surface area contributed by atoms with Crippen molar-refractivity contribution in [3.8, 4) is 5.75 Å². The summed E-state index contributed by atoms with van der Waals surface area (Å²) in [6, 6.07) is 1.38. The van der Waals surface area contributed by atoms with Crippen molar-refractivity contribution in [2.75, 3.05) is 7.11 Å². The number of ether oxygens (including phenoxy) is 1. The van der Waals surface area contributed by atoms with Crippen LogP contribution in [-0.2, 0) is 0 Å². The first-order valence-electron chi connectivity index (χ1n) is 6.62. The van der Waals surface area contributed by atoms with Crippen LogP contribution in [0.1, 0.15) is 29.0 Å². The lowest BCUT2D eigenvalue weighted by Crippen LogP contribution is -2.28. The molecule has 1 aromatic carbocycles. The summed E-state index contributed by atoms with van der Waals surface area (Å²) in [6.45, 7) is 1.67. The van der Waals surface area contributed by atoms with Crippen LogP contribution in [0.15, 0.2) is 23.8 Å². The van der Waals surface area contributed by atoms with E-state index in [1.165, 1.54) is 18.4 Å². The Morgan fingerprint density at radius 2 is 2.09 bits per heavy atom. The third-order valence-corrected chi connectivity index (χ3v) is 3.96. The highest BCUT2D eigenvalue weighted by atomic mass is 32.1. The summed E-state index contributed by atoms with van der Waals surface area (Å²) in [4.78, 5) is 17.1. The van der Waals surface area contributed by atoms with Crippen molar-refractivity contribution in [3.63, 3.8) is 0 Å². The highest BCUT2D eigenvalue weighted by Crippen LogP contribution is 2.22. The third-order valence-electron chi connectivity index (χ3n) is 3.27. The van der Waals surface area contributed by atoms with Crippen LogP contribution >= 0.6 is 11.3 Å². The van der Waals surface area contributed by atoms with Crippen molar-refractivity contribution < 1.29 is 18.3 Å². The molecular weight excluding hydrogens is 326 g/mol. The number of carbonyl (C=O) groups is 1. The first-order valence-corrected chi connectivity index (χ1v) is 7.50. The van der Waals surface area contributed by atoms with Gasteiger partial charge in [0, 0.05) is 12.1 Å². The van der Waals surface area contributed by atoms with E-state index in [1.807, 2.05) is 0 Å². The Bertz CT molecular complexity index is 825. The molecule has 0 radical (unpaired) electrons. The lowest BCUT2D eigenvalue weighted by Gasteiger charge is -2.13. The van der Waals surface area contributed by atoms with E-state index in [0.717, 1.165) is 12.1 Å². The first-order chi connectivity index (χ1) is 11.0. The van der Waals surface area contributed by atoms with Gasteiger partial charge in [-0.1, -0.05) is 11.3 Å². The van der Waals surface area contributed by atoms with Crippen LogP contribution in [0, 0.1) is 11.6 Å². The zero-order chi connectivity index (χ0) is 16.6. The van der Waals surface area contributed by atoms with E-state index < -0.39 is 29.1 Å². The van der Waals surface area contributed by atoms with Gasteiger partial charge < -0.3 is 10.1 Å². The fourth-order valence-corrected chi connectivity index (χ4v) is 2.70. The quantitative estimate of drug-likeness (QED) is 0.794. The van der Waals surface area contributed by atoms with Gasteiger partial charge in [-0.3, -0.25) is 4.79 Å². The number of fused-ring (bicyclic) bond motifs is 1. The molecule has 0 aliphatic rings. The number of hydrogen-bond acceptors (Lipinski definition) is 5. The molecule has 0 fully saturated rings. The van der Waals surface area contributed by atoms with Crippen LogP contribution < -0.4 is 10.1 Å². The number of benzene rings is 1. The number of nitrogens with zero attached hydrogens (tertiary/aromatic N) is 3. The lowest BCUT2D eigenvalue weighted by atomic mass is 10.1. The fraction of sp³-hybridized carbons (Fsp3) is 0.214. The lowest BCUT2D eigenvalue weighted by molar-refractivity contribution is 0.0930. The molecule has 9 heteroatoms. The molecule has 120 valence electrons. The number of carbonyl (C=O) groups excluding carboxylic acids is 1. The van der Waals surface area contributed by atoms with Crippen molar-refractivity contribution in [2.45, 2.75) is 13.0 Å². The maximum Gasteiger partial charge on any atom is 0.257 e. The second-order valence-corrected chi connectivity index (χ2v) is 5.60. The summed E-state index contributed by atoms with van der Waals surface area (Å²) >= 11 is 1.34. The maximum atomic E-state index is 13.9. The van der Waals surface area contributed by atoms with Crippen molar-refractivity contribution in [2.24, 2.45) is 0 Å². The van der Waals surface area contributed by atoms with Crippen LogP contribution in [0.4, 0.5) is 8.78 Å². The van der Waals surface area contributed by atoms with E-state index in [4.69, 9.17) is 4.74 Å². The van der Waals surface area contributed by atoms with Gasteiger partial charge in [0.1, 0.15) is 28.5 Å². The number of methoxy groups -OCH3 is 1. The Morgan fingerprint density at radius 1 is 1.39 bits per heavy atom. The molecule has 0 saturated carbocycles. The van der Waals surface area contributed by atoms with Gasteiger partial charge in [-0.05, 0) is 6.92 Å². The monoisotopic (exact) mass is 338 g/mol. The van der Waals surface area contributed by atoms with Crippen molar-refractivity contribution in [1.29, 1.82) is 0 Å². The smallest absolute Gasteiger partial charge is 0.257 e. The molecular formula is C14H12F2N4O2S. The van der Waals surface area contributed by atoms with E-state index in [2.05, 4.69) is 15.4 Å². The Labute approximate surface area is 133 Å². The van der Waals surface area contributed by atoms with Gasteiger partial charge >= 0.3 is 0 Å². The number of rotatable bonds is 4. The molecule has 0 spiro atoms. The molecule has 0 aliphatic carbocycles. The highest BCUT2D eigenvalue weighted by Gasteiger charge is 2.22. The largest absolute Gasteiger partial charge is 0.497 e. The molecule has 1 unspecified atom stereocenters. The molecule has 2 aromatic heterocycles. The van der Waals surface area contributed by atoms with E-state index in [1.54, 1.807) is 23.1 Å². The Hall–Kier alpha value is -2.55. The zero-order valence-electron chi connectivity index (χ0n) is 12.2. The molecule has 3 aromatic rings. The van der Waals surface area contributed by atoms with Crippen LogP contribution in [0.2, 0.25) is 0 Å². The SMILES string of the molecule is COc1cc(F)c(C(=O)NC(C)c2cn3ncsc3n2)c(F)c1. The normalized spacial score (nSPS) is 12.3. The molecule has 1 amide bonds. The third kappa shape index (κ3) is 2.87. The predicted molar refractivity (Wildman–Crippen MR) is 79.7 cm³/mol. The van der Waals surface area contributed by atoms with Gasteiger partial charge in [0.2, 0.25) is 4.96 Å². The van der Waals surface area contributed by atoms with Crippen molar-refractivity contribution in [3.05, 3.63) is 46.7 Å².